The van der Waals surface area contributed by atoms with E-state index in [1.54, 1.807) is 6.07 Å². The molecule has 110 valence electrons. The van der Waals surface area contributed by atoms with Crippen molar-refractivity contribution in [3.63, 3.8) is 0 Å². The summed E-state index contributed by atoms with van der Waals surface area (Å²) in [5.41, 5.74) is 8.54. The molecule has 2 nitrogen and oxygen atoms in total. The van der Waals surface area contributed by atoms with Gasteiger partial charge in [-0.2, -0.15) is 0 Å². The molecule has 0 aromatic heterocycles. The molecule has 0 spiro atoms. The number of hydrogen-bond acceptors (Lipinski definition) is 2. The average molecular weight is 320 g/mol. The zero-order chi connectivity index (χ0) is 15.4. The molecule has 0 radical (unpaired) electrons. The first-order valence-corrected chi connectivity index (χ1v) is 7.57. The maximum atomic E-state index is 6.21. The highest BCUT2D eigenvalue weighted by atomic mass is 35.5. The summed E-state index contributed by atoms with van der Waals surface area (Å²) in [4.78, 5) is 0.341. The van der Waals surface area contributed by atoms with Crippen LogP contribution in [0.4, 0.5) is 0 Å². The van der Waals surface area contributed by atoms with Gasteiger partial charge in [-0.3, -0.25) is 0 Å². The Morgan fingerprint density at radius 3 is 2.38 bits per heavy atom. The molecule has 0 aliphatic heterocycles. The molecular formula is C17H18ClNOS. The van der Waals surface area contributed by atoms with Crippen molar-refractivity contribution in [3.05, 3.63) is 64.2 Å². The van der Waals surface area contributed by atoms with Gasteiger partial charge in [0.25, 0.3) is 0 Å². The first kappa shape index (κ1) is 15.8. The Balaban J connectivity index is 2.04. The molecule has 0 heterocycles. The van der Waals surface area contributed by atoms with E-state index in [9.17, 15) is 0 Å². The lowest BCUT2D eigenvalue weighted by molar-refractivity contribution is 0.306. The molecule has 2 rings (SSSR count). The molecule has 2 N–H and O–H groups in total. The highest BCUT2D eigenvalue weighted by Gasteiger charge is 2.05. The molecule has 0 aliphatic carbocycles. The van der Waals surface area contributed by atoms with Crippen molar-refractivity contribution >= 4 is 28.8 Å². The molecule has 4 heteroatoms. The van der Waals surface area contributed by atoms with Crippen molar-refractivity contribution in [3.8, 4) is 5.75 Å². The largest absolute Gasteiger partial charge is 0.489 e. The molecule has 0 fully saturated rings. The minimum Gasteiger partial charge on any atom is -0.489 e. The van der Waals surface area contributed by atoms with E-state index in [1.807, 2.05) is 24.3 Å². The van der Waals surface area contributed by atoms with E-state index in [4.69, 9.17) is 34.3 Å². The summed E-state index contributed by atoms with van der Waals surface area (Å²) in [6.07, 6.45) is 0. The van der Waals surface area contributed by atoms with Crippen LogP contribution in [0.2, 0.25) is 5.02 Å². The number of thiocarbonyl (C=S) groups is 1. The predicted molar refractivity (Wildman–Crippen MR) is 92.2 cm³/mol. The summed E-state index contributed by atoms with van der Waals surface area (Å²) in [6.45, 7) is 4.75. The second-order valence-corrected chi connectivity index (χ2v) is 6.03. The Bertz CT molecular complexity index is 638. The number of ether oxygens (including phenoxy) is 1. The second-order valence-electron chi connectivity index (χ2n) is 5.18. The van der Waals surface area contributed by atoms with Crippen molar-refractivity contribution in [1.82, 2.24) is 0 Å². The van der Waals surface area contributed by atoms with Crippen molar-refractivity contribution in [2.75, 3.05) is 0 Å². The normalized spacial score (nSPS) is 10.7. The Labute approximate surface area is 135 Å². The Kier molecular flexibility index (Phi) is 5.21. The van der Waals surface area contributed by atoms with Crippen LogP contribution in [0.15, 0.2) is 42.5 Å². The molecule has 0 aliphatic rings. The third-order valence-electron chi connectivity index (χ3n) is 3.28. The zero-order valence-electron chi connectivity index (χ0n) is 12.1. The van der Waals surface area contributed by atoms with Crippen LogP contribution in [-0.4, -0.2) is 4.99 Å². The van der Waals surface area contributed by atoms with Crippen molar-refractivity contribution in [2.45, 2.75) is 26.4 Å². The lowest BCUT2D eigenvalue weighted by atomic mass is 10.0. The maximum Gasteiger partial charge on any atom is 0.119 e. The van der Waals surface area contributed by atoms with Crippen LogP contribution in [0.5, 0.6) is 5.75 Å². The van der Waals surface area contributed by atoms with Crippen LogP contribution in [0.3, 0.4) is 0 Å². The molecule has 0 saturated carbocycles. The van der Waals surface area contributed by atoms with Crippen LogP contribution < -0.4 is 10.5 Å². The van der Waals surface area contributed by atoms with E-state index in [1.165, 1.54) is 5.56 Å². The third kappa shape index (κ3) is 4.19. The summed E-state index contributed by atoms with van der Waals surface area (Å²) < 4.78 is 5.76. The fourth-order valence-corrected chi connectivity index (χ4v) is 2.29. The predicted octanol–water partition coefficient (Wildman–Crippen LogP) is 4.68. The summed E-state index contributed by atoms with van der Waals surface area (Å²) >= 11 is 11.1. The number of hydrogen-bond donors (Lipinski definition) is 1. The molecule has 2 aromatic carbocycles. The molecule has 21 heavy (non-hydrogen) atoms. The van der Waals surface area contributed by atoms with Crippen LogP contribution in [0.1, 0.15) is 36.5 Å². The topological polar surface area (TPSA) is 35.2 Å². The Morgan fingerprint density at radius 2 is 1.86 bits per heavy atom. The van der Waals surface area contributed by atoms with Gasteiger partial charge in [0.05, 0.1) is 0 Å². The number of nitrogens with two attached hydrogens (primary N) is 1. The monoisotopic (exact) mass is 319 g/mol. The van der Waals surface area contributed by atoms with E-state index >= 15 is 0 Å². The number of rotatable bonds is 5. The molecule has 2 aromatic rings. The van der Waals surface area contributed by atoms with Gasteiger partial charge in [0.15, 0.2) is 0 Å². The minimum absolute atomic E-state index is 0.341. The van der Waals surface area contributed by atoms with E-state index in [2.05, 4.69) is 26.0 Å². The van der Waals surface area contributed by atoms with Gasteiger partial charge in [0, 0.05) is 16.1 Å². The minimum atomic E-state index is 0.341. The Morgan fingerprint density at radius 1 is 1.19 bits per heavy atom. The summed E-state index contributed by atoms with van der Waals surface area (Å²) in [5.74, 6) is 1.34. The van der Waals surface area contributed by atoms with E-state index < -0.39 is 0 Å². The average Bonchev–Trinajstić information content (AvgIpc) is 2.46. The molecule has 0 saturated heterocycles. The quantitative estimate of drug-likeness (QED) is 0.813. The third-order valence-corrected chi connectivity index (χ3v) is 3.87. The van der Waals surface area contributed by atoms with Crippen LogP contribution in [0, 0.1) is 0 Å². The fourth-order valence-electron chi connectivity index (χ4n) is 1.93. The maximum absolute atomic E-state index is 6.21. The summed E-state index contributed by atoms with van der Waals surface area (Å²) in [7, 11) is 0. The van der Waals surface area contributed by atoms with Gasteiger partial charge in [0.2, 0.25) is 0 Å². The smallest absolute Gasteiger partial charge is 0.119 e. The van der Waals surface area contributed by atoms with Crippen molar-refractivity contribution in [2.24, 2.45) is 5.73 Å². The standard InChI is InChI=1S/C17H18ClNOS/c1-11(2)12-5-7-15(8-6-12)20-10-14-4-3-13(17(19)21)9-16(14)18/h3-9,11H,10H2,1-2H3,(H2,19,21). The van der Waals surface area contributed by atoms with Gasteiger partial charge in [-0.05, 0) is 29.7 Å². The van der Waals surface area contributed by atoms with Gasteiger partial charge in [-0.15, -0.1) is 0 Å². The van der Waals surface area contributed by atoms with Crippen LogP contribution in [-0.2, 0) is 6.61 Å². The van der Waals surface area contributed by atoms with Crippen molar-refractivity contribution in [1.29, 1.82) is 0 Å². The van der Waals surface area contributed by atoms with Crippen molar-refractivity contribution < 1.29 is 4.74 Å². The highest BCUT2D eigenvalue weighted by Crippen LogP contribution is 2.22. The van der Waals surface area contributed by atoms with E-state index in [0.717, 1.165) is 16.9 Å². The lowest BCUT2D eigenvalue weighted by Crippen LogP contribution is -2.09. The Hall–Kier alpha value is -1.58. The lowest BCUT2D eigenvalue weighted by Gasteiger charge is -2.10. The van der Waals surface area contributed by atoms with Gasteiger partial charge < -0.3 is 10.5 Å². The fraction of sp³-hybridized carbons (Fsp3) is 0.235. The molecule has 0 unspecified atom stereocenters. The van der Waals surface area contributed by atoms with Gasteiger partial charge in [0.1, 0.15) is 17.3 Å². The summed E-state index contributed by atoms with van der Waals surface area (Å²) in [6, 6.07) is 13.6. The number of benzene rings is 2. The highest BCUT2D eigenvalue weighted by molar-refractivity contribution is 7.80. The second kappa shape index (κ2) is 6.92. The first-order chi connectivity index (χ1) is 9.97. The van der Waals surface area contributed by atoms with Gasteiger partial charge in [-0.1, -0.05) is 61.9 Å². The molecule has 0 amide bonds. The van der Waals surface area contributed by atoms with Crippen LogP contribution in [0.25, 0.3) is 0 Å². The van der Waals surface area contributed by atoms with E-state index in [0.29, 0.717) is 22.5 Å². The zero-order valence-corrected chi connectivity index (χ0v) is 13.7. The van der Waals surface area contributed by atoms with Gasteiger partial charge in [-0.25, -0.2) is 0 Å². The van der Waals surface area contributed by atoms with Crippen LogP contribution >= 0.6 is 23.8 Å². The van der Waals surface area contributed by atoms with E-state index in [-0.39, 0.29) is 0 Å². The number of halogens is 1. The first-order valence-electron chi connectivity index (χ1n) is 6.78. The van der Waals surface area contributed by atoms with Gasteiger partial charge >= 0.3 is 0 Å². The molecule has 0 atom stereocenters. The molecular weight excluding hydrogens is 302 g/mol. The summed E-state index contributed by atoms with van der Waals surface area (Å²) in [5, 5.41) is 0.610. The molecule has 0 bridgehead atoms. The SMILES string of the molecule is CC(C)c1ccc(OCc2ccc(C(N)=S)cc2Cl)cc1.